The van der Waals surface area contributed by atoms with Gasteiger partial charge in [-0.2, -0.15) is 0 Å². The minimum atomic E-state index is -2.31. The van der Waals surface area contributed by atoms with E-state index in [-0.39, 0.29) is 0 Å². The average Bonchev–Trinajstić information content (AvgIpc) is 2.81. The first kappa shape index (κ1) is 20.4. The average molecular weight is 459 g/mol. The summed E-state index contributed by atoms with van der Waals surface area (Å²) in [6, 6.07) is 0. The van der Waals surface area contributed by atoms with Crippen LogP contribution in [0.1, 0.15) is 0 Å². The molecule has 2 fully saturated rings. The van der Waals surface area contributed by atoms with Gasteiger partial charge < -0.3 is 0 Å². The van der Waals surface area contributed by atoms with Crippen molar-refractivity contribution in [3.05, 3.63) is 0 Å². The van der Waals surface area contributed by atoms with E-state index < -0.39 is 71.7 Å². The van der Waals surface area contributed by atoms with Crippen molar-refractivity contribution in [2.75, 3.05) is 13.2 Å². The van der Waals surface area contributed by atoms with Crippen LogP contribution in [0.4, 0.5) is 0 Å². The summed E-state index contributed by atoms with van der Waals surface area (Å²) in [5.74, 6) is -2.31. The van der Waals surface area contributed by atoms with E-state index in [1.807, 2.05) is 0 Å². The van der Waals surface area contributed by atoms with Crippen LogP contribution < -0.4 is 0 Å². The fourth-order valence-corrected chi connectivity index (χ4v) is 3.38. The Balaban J connectivity index is 2.26. The van der Waals surface area contributed by atoms with Gasteiger partial charge in [-0.05, 0) is 0 Å². The van der Waals surface area contributed by atoms with Crippen LogP contribution in [0, 0.1) is 0 Å². The molecule has 2 saturated heterocycles. The molecule has 138 valence electrons. The molecule has 9 atom stereocenters. The Hall–Kier alpha value is 0.0687. The second-order valence-electron chi connectivity index (χ2n) is 5.61. The van der Waals surface area contributed by atoms with Gasteiger partial charge in [0.15, 0.2) is 0 Å². The molecule has 2 rings (SSSR count). The third kappa shape index (κ3) is 3.35. The number of ether oxygens (including phenoxy) is 3. The van der Waals surface area contributed by atoms with Gasteiger partial charge >= 0.3 is 149 Å². The molecular formula is C12H20O11Sn. The summed E-state index contributed by atoms with van der Waals surface area (Å²) in [5, 5.41) is 77.7. The summed E-state index contributed by atoms with van der Waals surface area (Å²) >= 11 is 0.347. The van der Waals surface area contributed by atoms with Crippen molar-refractivity contribution >= 4 is 25.8 Å². The molecule has 24 heavy (non-hydrogen) atoms. The number of hydrogen-bond donors (Lipinski definition) is 8. The summed E-state index contributed by atoms with van der Waals surface area (Å²) < 4.78 is 15.1. The van der Waals surface area contributed by atoms with Crippen molar-refractivity contribution in [3.63, 3.8) is 0 Å². The molecule has 8 N–H and O–H groups in total. The normalized spacial score (nSPS) is 49.3. The van der Waals surface area contributed by atoms with Gasteiger partial charge in [-0.3, -0.25) is 0 Å². The summed E-state index contributed by atoms with van der Waals surface area (Å²) in [6.07, 6.45) is -12.8. The van der Waals surface area contributed by atoms with Gasteiger partial charge in [0.1, 0.15) is 0 Å². The number of aliphatic hydroxyl groups excluding tert-OH is 8. The molecule has 0 aromatic rings. The maximum atomic E-state index is 10.2. The standard InChI is InChI=1S/C12H20O11.Sn/c13-1-4-6(16)8(18)9(19)11(21-4)23-12(3-15)10(20)7(17)5(2-14)22-12;/h4-11,13-20H,1-2H2;/t4-,5-,6-,7-,8+,9-,10+,11-,12+;/m1./s1. The SMILES string of the molecule is OC[C@H]1O[C@](O[C@H]2O[C@H](CO)[C@@H](O)[C@H](O)[C@H]2O)([C](O)=[Sn])[C@@H](O)[C@@H]1O. The fraction of sp³-hybridized carbons (Fsp3) is 0.917. The van der Waals surface area contributed by atoms with Crippen LogP contribution in [0.3, 0.4) is 0 Å². The van der Waals surface area contributed by atoms with Gasteiger partial charge in [-0.15, -0.1) is 0 Å². The van der Waals surface area contributed by atoms with E-state index in [0.717, 1.165) is 0 Å². The molecule has 0 spiro atoms. The molecule has 0 unspecified atom stereocenters. The minimum absolute atomic E-state index is 0.347. The van der Waals surface area contributed by atoms with Gasteiger partial charge in [0.2, 0.25) is 0 Å². The summed E-state index contributed by atoms with van der Waals surface area (Å²) in [4.78, 5) is 0. The van der Waals surface area contributed by atoms with E-state index in [1.54, 1.807) is 0 Å². The van der Waals surface area contributed by atoms with Crippen LogP contribution in [0.2, 0.25) is 0 Å². The van der Waals surface area contributed by atoms with Crippen LogP contribution >= 0.6 is 0 Å². The molecule has 2 aliphatic rings. The van der Waals surface area contributed by atoms with E-state index in [9.17, 15) is 30.6 Å². The van der Waals surface area contributed by atoms with Crippen molar-refractivity contribution in [1.29, 1.82) is 0 Å². The van der Waals surface area contributed by atoms with E-state index in [2.05, 4.69) is 0 Å². The molecule has 0 aromatic heterocycles. The number of hydrogen-bond acceptors (Lipinski definition) is 11. The Labute approximate surface area is 149 Å². The molecule has 0 saturated carbocycles. The first-order chi connectivity index (χ1) is 11.2. The molecule has 11 nitrogen and oxygen atoms in total. The Morgan fingerprint density at radius 1 is 0.917 bits per heavy atom. The molecule has 0 aliphatic carbocycles. The van der Waals surface area contributed by atoms with Crippen LogP contribution in [0.5, 0.6) is 0 Å². The second-order valence-corrected chi connectivity index (χ2v) is 6.96. The van der Waals surface area contributed by atoms with E-state index in [4.69, 9.17) is 24.4 Å². The first-order valence-electron chi connectivity index (χ1n) is 7.10. The van der Waals surface area contributed by atoms with Crippen molar-refractivity contribution in [1.82, 2.24) is 0 Å². The molecule has 2 aliphatic heterocycles. The summed E-state index contributed by atoms with van der Waals surface area (Å²) in [7, 11) is 0. The van der Waals surface area contributed by atoms with Gasteiger partial charge in [0.25, 0.3) is 0 Å². The molecule has 0 bridgehead atoms. The Morgan fingerprint density at radius 2 is 1.50 bits per heavy atom. The monoisotopic (exact) mass is 460 g/mol. The van der Waals surface area contributed by atoms with E-state index in [1.165, 1.54) is 0 Å². The van der Waals surface area contributed by atoms with Gasteiger partial charge in [0.05, 0.1) is 0 Å². The molecule has 0 aromatic carbocycles. The quantitative estimate of drug-likeness (QED) is 0.183. The fourth-order valence-electron chi connectivity index (χ4n) is 2.62. The molecular weight excluding hydrogens is 439 g/mol. The summed E-state index contributed by atoms with van der Waals surface area (Å²) in [5.41, 5.74) is 0. The zero-order valence-electron chi connectivity index (χ0n) is 12.3. The van der Waals surface area contributed by atoms with Crippen molar-refractivity contribution in [2.45, 2.75) is 54.8 Å². The van der Waals surface area contributed by atoms with E-state index in [0.29, 0.717) is 22.1 Å². The van der Waals surface area contributed by atoms with E-state index >= 15 is 0 Å². The molecule has 0 amide bonds. The Bertz CT molecular complexity index is 462. The van der Waals surface area contributed by atoms with Crippen LogP contribution in [-0.2, 0) is 14.2 Å². The summed E-state index contributed by atoms with van der Waals surface area (Å²) in [6.45, 7) is -1.38. The van der Waals surface area contributed by atoms with Gasteiger partial charge in [-0.1, -0.05) is 0 Å². The van der Waals surface area contributed by atoms with Crippen LogP contribution in [-0.4, -0.2) is 135 Å². The van der Waals surface area contributed by atoms with Crippen molar-refractivity contribution < 1.29 is 55.1 Å². The second kappa shape index (κ2) is 7.75. The third-order valence-corrected chi connectivity index (χ3v) is 5.06. The Kier molecular flexibility index (Phi) is 6.58. The van der Waals surface area contributed by atoms with Crippen LogP contribution in [0.15, 0.2) is 0 Å². The predicted octanol–water partition coefficient (Wildman–Crippen LogP) is -5.72. The first-order valence-corrected chi connectivity index (χ1v) is 8.53. The topological polar surface area (TPSA) is 190 Å². The van der Waals surface area contributed by atoms with Crippen LogP contribution in [0.25, 0.3) is 0 Å². The predicted molar refractivity (Wildman–Crippen MR) is 74.3 cm³/mol. The third-order valence-electron chi connectivity index (χ3n) is 4.07. The van der Waals surface area contributed by atoms with Gasteiger partial charge in [-0.25, -0.2) is 0 Å². The zero-order chi connectivity index (χ0) is 18.2. The molecule has 2 heterocycles. The van der Waals surface area contributed by atoms with Crippen molar-refractivity contribution in [3.8, 4) is 0 Å². The molecule has 12 heteroatoms. The zero-order valence-corrected chi connectivity index (χ0v) is 15.2. The Morgan fingerprint density at radius 3 is 1.96 bits per heavy atom. The number of rotatable bonds is 5. The van der Waals surface area contributed by atoms with Crippen molar-refractivity contribution in [2.24, 2.45) is 0 Å². The van der Waals surface area contributed by atoms with Gasteiger partial charge in [0, 0.05) is 0 Å². The number of aliphatic hydroxyl groups is 8. The molecule has 2 radical (unpaired) electrons. The maximum absolute atomic E-state index is 10.2.